The monoisotopic (exact) mass is 460 g/mol. The van der Waals surface area contributed by atoms with E-state index < -0.39 is 12.0 Å². The highest BCUT2D eigenvalue weighted by Gasteiger charge is 2.30. The molecule has 0 aromatic heterocycles. The largest absolute Gasteiger partial charge is 0.477 e. The molecule has 4 N–H and O–H groups in total. The van der Waals surface area contributed by atoms with E-state index in [0.29, 0.717) is 17.1 Å². The standard InChI is InChI=1S/C20H21BrN4O4/c1-12-8-13(21)6-7-14(12)24-18(26)9-23-19(27)11-25-10-17(20(22)28)29-16-5-3-2-4-15(16)25/h2-8,17H,9-11H2,1H3,(H2,22,28)(H,23,27)(H,24,26)/t17-/m0/s1. The van der Waals surface area contributed by atoms with E-state index in [9.17, 15) is 14.4 Å². The second-order valence-electron chi connectivity index (χ2n) is 6.64. The third-order valence-corrected chi connectivity index (χ3v) is 4.92. The fraction of sp³-hybridized carbons (Fsp3) is 0.250. The molecule has 0 spiro atoms. The summed E-state index contributed by atoms with van der Waals surface area (Å²) in [5.74, 6) is -0.804. The number of rotatable bonds is 6. The summed E-state index contributed by atoms with van der Waals surface area (Å²) in [6.07, 6.45) is -0.846. The third kappa shape index (κ3) is 5.26. The highest BCUT2D eigenvalue weighted by atomic mass is 79.9. The van der Waals surface area contributed by atoms with Crippen LogP contribution in [-0.2, 0) is 14.4 Å². The highest BCUT2D eigenvalue weighted by molar-refractivity contribution is 9.10. The van der Waals surface area contributed by atoms with Gasteiger partial charge in [0.15, 0.2) is 6.10 Å². The zero-order valence-corrected chi connectivity index (χ0v) is 17.4. The van der Waals surface area contributed by atoms with Gasteiger partial charge in [0.25, 0.3) is 5.91 Å². The molecule has 8 nitrogen and oxygen atoms in total. The molecule has 0 unspecified atom stereocenters. The van der Waals surface area contributed by atoms with Crippen molar-refractivity contribution in [2.45, 2.75) is 13.0 Å². The van der Waals surface area contributed by atoms with Crippen molar-refractivity contribution in [1.82, 2.24) is 5.32 Å². The SMILES string of the molecule is Cc1cc(Br)ccc1NC(=O)CNC(=O)CN1C[C@@H](C(N)=O)Oc2ccccc21. The second kappa shape index (κ2) is 8.95. The van der Waals surface area contributed by atoms with Crippen molar-refractivity contribution in [3.05, 3.63) is 52.5 Å². The third-order valence-electron chi connectivity index (χ3n) is 4.42. The number of amides is 3. The quantitative estimate of drug-likeness (QED) is 0.605. The van der Waals surface area contributed by atoms with Crippen molar-refractivity contribution >= 4 is 45.0 Å². The molecule has 0 saturated heterocycles. The summed E-state index contributed by atoms with van der Waals surface area (Å²) in [5.41, 5.74) is 7.64. The number of nitrogens with two attached hydrogens (primary N) is 1. The molecular formula is C20H21BrN4O4. The number of nitrogens with zero attached hydrogens (tertiary/aromatic N) is 1. The lowest BCUT2D eigenvalue weighted by Gasteiger charge is -2.34. The molecule has 0 radical (unpaired) electrons. The van der Waals surface area contributed by atoms with Gasteiger partial charge in [0, 0.05) is 10.2 Å². The van der Waals surface area contributed by atoms with Gasteiger partial charge >= 0.3 is 0 Å². The number of carbonyl (C=O) groups excluding carboxylic acids is 3. The van der Waals surface area contributed by atoms with Gasteiger partial charge in [-0.1, -0.05) is 28.1 Å². The van der Waals surface area contributed by atoms with Gasteiger partial charge in [0.2, 0.25) is 11.8 Å². The summed E-state index contributed by atoms with van der Waals surface area (Å²) in [5, 5.41) is 5.36. The van der Waals surface area contributed by atoms with Gasteiger partial charge in [-0.05, 0) is 42.8 Å². The highest BCUT2D eigenvalue weighted by Crippen LogP contribution is 2.32. The Morgan fingerprint density at radius 2 is 1.97 bits per heavy atom. The van der Waals surface area contributed by atoms with E-state index in [-0.39, 0.29) is 31.4 Å². The smallest absolute Gasteiger partial charge is 0.260 e. The number of primary amides is 1. The molecule has 3 amide bonds. The summed E-state index contributed by atoms with van der Waals surface area (Å²) >= 11 is 3.37. The zero-order chi connectivity index (χ0) is 21.0. The first-order valence-corrected chi connectivity index (χ1v) is 9.75. The van der Waals surface area contributed by atoms with Gasteiger partial charge in [-0.2, -0.15) is 0 Å². The fourth-order valence-corrected chi connectivity index (χ4v) is 3.45. The number of aryl methyl sites for hydroxylation is 1. The van der Waals surface area contributed by atoms with Gasteiger partial charge in [-0.3, -0.25) is 14.4 Å². The van der Waals surface area contributed by atoms with E-state index in [1.54, 1.807) is 29.2 Å². The summed E-state index contributed by atoms with van der Waals surface area (Å²) in [6, 6.07) is 12.6. The molecule has 1 aliphatic rings. The van der Waals surface area contributed by atoms with Crippen LogP contribution >= 0.6 is 15.9 Å². The van der Waals surface area contributed by atoms with Gasteiger partial charge in [0.05, 0.1) is 25.3 Å². The fourth-order valence-electron chi connectivity index (χ4n) is 2.97. The van der Waals surface area contributed by atoms with E-state index >= 15 is 0 Å². The minimum atomic E-state index is -0.846. The Labute approximate surface area is 176 Å². The molecule has 2 aromatic rings. The molecular weight excluding hydrogens is 440 g/mol. The lowest BCUT2D eigenvalue weighted by molar-refractivity contribution is -0.125. The van der Waals surface area contributed by atoms with Crippen LogP contribution in [0.1, 0.15) is 5.56 Å². The van der Waals surface area contributed by atoms with E-state index in [2.05, 4.69) is 26.6 Å². The average molecular weight is 461 g/mol. The molecule has 2 aromatic carbocycles. The number of ether oxygens (including phenoxy) is 1. The zero-order valence-electron chi connectivity index (χ0n) is 15.8. The van der Waals surface area contributed by atoms with E-state index in [4.69, 9.17) is 10.5 Å². The number of hydrogen-bond donors (Lipinski definition) is 3. The maximum absolute atomic E-state index is 12.4. The van der Waals surface area contributed by atoms with Crippen LogP contribution in [0.3, 0.4) is 0 Å². The van der Waals surface area contributed by atoms with E-state index in [1.165, 1.54) is 0 Å². The molecule has 29 heavy (non-hydrogen) atoms. The Morgan fingerprint density at radius 3 is 2.69 bits per heavy atom. The predicted octanol–water partition coefficient (Wildman–Crippen LogP) is 1.57. The second-order valence-corrected chi connectivity index (χ2v) is 7.56. The Morgan fingerprint density at radius 1 is 1.21 bits per heavy atom. The number of carbonyl (C=O) groups is 3. The minimum Gasteiger partial charge on any atom is -0.477 e. The molecule has 1 heterocycles. The Balaban J connectivity index is 1.57. The van der Waals surface area contributed by atoms with Gasteiger partial charge in [-0.25, -0.2) is 0 Å². The average Bonchev–Trinajstić information content (AvgIpc) is 2.68. The maximum atomic E-state index is 12.4. The molecule has 3 rings (SSSR count). The van der Waals surface area contributed by atoms with Crippen molar-refractivity contribution in [2.24, 2.45) is 5.73 Å². The van der Waals surface area contributed by atoms with Crippen LogP contribution in [0, 0.1) is 6.92 Å². The predicted molar refractivity (Wildman–Crippen MR) is 113 cm³/mol. The summed E-state index contributed by atoms with van der Waals surface area (Å²) < 4.78 is 6.49. The van der Waals surface area contributed by atoms with Crippen molar-refractivity contribution in [3.63, 3.8) is 0 Å². The molecule has 0 bridgehead atoms. The number of nitrogens with one attached hydrogen (secondary N) is 2. The lowest BCUT2D eigenvalue weighted by atomic mass is 10.2. The number of benzene rings is 2. The van der Waals surface area contributed by atoms with Crippen LogP contribution in [0.2, 0.25) is 0 Å². The number of fused-ring (bicyclic) bond motifs is 1. The van der Waals surface area contributed by atoms with Crippen LogP contribution in [-0.4, -0.2) is 43.5 Å². The number of anilines is 2. The number of halogens is 1. The summed E-state index contributed by atoms with van der Waals surface area (Å²) in [6.45, 7) is 1.84. The molecule has 152 valence electrons. The first-order chi connectivity index (χ1) is 13.8. The summed E-state index contributed by atoms with van der Waals surface area (Å²) in [4.78, 5) is 37.8. The van der Waals surface area contributed by atoms with Crippen LogP contribution in [0.5, 0.6) is 5.75 Å². The molecule has 0 aliphatic carbocycles. The molecule has 9 heteroatoms. The van der Waals surface area contributed by atoms with Crippen LogP contribution in [0.4, 0.5) is 11.4 Å². The molecule has 1 aliphatic heterocycles. The molecule has 0 fully saturated rings. The Hall–Kier alpha value is -3.07. The topological polar surface area (TPSA) is 114 Å². The minimum absolute atomic E-state index is 0.0330. The van der Waals surface area contributed by atoms with Crippen LogP contribution < -0.4 is 26.0 Å². The summed E-state index contributed by atoms with van der Waals surface area (Å²) in [7, 11) is 0. The molecule has 0 saturated carbocycles. The Kier molecular flexibility index (Phi) is 6.38. The first kappa shape index (κ1) is 20.7. The van der Waals surface area contributed by atoms with Gasteiger partial charge in [-0.15, -0.1) is 0 Å². The molecule has 1 atom stereocenters. The normalized spacial score (nSPS) is 15.1. The maximum Gasteiger partial charge on any atom is 0.260 e. The van der Waals surface area contributed by atoms with Crippen LogP contribution in [0.15, 0.2) is 46.9 Å². The number of para-hydroxylation sites is 2. The van der Waals surface area contributed by atoms with Crippen molar-refractivity contribution in [1.29, 1.82) is 0 Å². The Bertz CT molecular complexity index is 950. The van der Waals surface area contributed by atoms with Crippen molar-refractivity contribution in [3.8, 4) is 5.75 Å². The van der Waals surface area contributed by atoms with Crippen molar-refractivity contribution < 1.29 is 19.1 Å². The van der Waals surface area contributed by atoms with Gasteiger partial charge < -0.3 is 26.0 Å². The van der Waals surface area contributed by atoms with Crippen LogP contribution in [0.25, 0.3) is 0 Å². The first-order valence-electron chi connectivity index (χ1n) is 8.96. The number of hydrogen-bond acceptors (Lipinski definition) is 5. The van der Waals surface area contributed by atoms with Crippen molar-refractivity contribution in [2.75, 3.05) is 29.9 Å². The van der Waals surface area contributed by atoms with E-state index in [1.807, 2.05) is 25.1 Å². The van der Waals surface area contributed by atoms with E-state index in [0.717, 1.165) is 10.0 Å². The lowest BCUT2D eigenvalue weighted by Crippen LogP contribution is -2.50. The van der Waals surface area contributed by atoms with Gasteiger partial charge in [0.1, 0.15) is 5.75 Å².